The van der Waals surface area contributed by atoms with Crippen molar-refractivity contribution in [2.24, 2.45) is 5.73 Å². The maximum absolute atomic E-state index is 9.67. The Morgan fingerprint density at radius 3 is 2.62 bits per heavy atom. The summed E-state index contributed by atoms with van der Waals surface area (Å²) in [5.74, 6) is 0.804. The molecule has 2 aromatic rings. The molecular formula is C15H18N4OS. The first-order valence-electron chi connectivity index (χ1n) is 6.66. The van der Waals surface area contributed by atoms with Gasteiger partial charge in [0.15, 0.2) is 5.82 Å². The van der Waals surface area contributed by atoms with E-state index in [0.717, 1.165) is 22.5 Å². The molecule has 3 N–H and O–H groups in total. The number of benzene rings is 1. The second-order valence-corrected chi connectivity index (χ2v) is 5.18. The van der Waals surface area contributed by atoms with Crippen LogP contribution in [0.25, 0.3) is 0 Å². The lowest BCUT2D eigenvalue weighted by Gasteiger charge is -2.25. The van der Waals surface area contributed by atoms with Gasteiger partial charge < -0.3 is 15.7 Å². The lowest BCUT2D eigenvalue weighted by Crippen LogP contribution is -2.24. The van der Waals surface area contributed by atoms with Gasteiger partial charge in [0.25, 0.3) is 0 Å². The number of aryl methyl sites for hydroxylation is 1. The molecule has 0 atom stereocenters. The highest BCUT2D eigenvalue weighted by atomic mass is 32.1. The van der Waals surface area contributed by atoms with Crippen LogP contribution in [0.15, 0.2) is 24.3 Å². The molecule has 1 aromatic carbocycles. The van der Waals surface area contributed by atoms with Crippen LogP contribution in [0.3, 0.4) is 0 Å². The topological polar surface area (TPSA) is 75.3 Å². The number of nitrogens with zero attached hydrogens (tertiary/aromatic N) is 3. The van der Waals surface area contributed by atoms with Crippen molar-refractivity contribution in [3.05, 3.63) is 41.1 Å². The summed E-state index contributed by atoms with van der Waals surface area (Å²) in [6.07, 6.45) is 0. The van der Waals surface area contributed by atoms with Crippen molar-refractivity contribution in [2.75, 3.05) is 11.4 Å². The van der Waals surface area contributed by atoms with Crippen LogP contribution in [-0.2, 0) is 0 Å². The van der Waals surface area contributed by atoms with Gasteiger partial charge in [0.1, 0.15) is 10.7 Å². The largest absolute Gasteiger partial charge is 0.508 e. The summed E-state index contributed by atoms with van der Waals surface area (Å²) in [6, 6.07) is 6.97. The summed E-state index contributed by atoms with van der Waals surface area (Å²) >= 11 is 5.17. The van der Waals surface area contributed by atoms with Gasteiger partial charge in [0, 0.05) is 18.3 Å². The van der Waals surface area contributed by atoms with Crippen LogP contribution in [0.4, 0.5) is 11.5 Å². The number of hydrogen-bond acceptors (Lipinski definition) is 5. The molecule has 0 unspecified atom stereocenters. The summed E-state index contributed by atoms with van der Waals surface area (Å²) in [6.45, 7) is 6.44. The molecule has 0 saturated carbocycles. The summed E-state index contributed by atoms with van der Waals surface area (Å²) < 4.78 is 0. The zero-order valence-electron chi connectivity index (χ0n) is 12.3. The average Bonchev–Trinajstić information content (AvgIpc) is 2.43. The number of thiocarbonyl (C=S) groups is 1. The zero-order chi connectivity index (χ0) is 15.6. The summed E-state index contributed by atoms with van der Waals surface area (Å²) in [5.41, 5.74) is 9.13. The minimum absolute atomic E-state index is 0.194. The first-order valence-corrected chi connectivity index (χ1v) is 7.06. The van der Waals surface area contributed by atoms with E-state index >= 15 is 0 Å². The Bertz CT molecular complexity index is 687. The van der Waals surface area contributed by atoms with E-state index in [4.69, 9.17) is 18.0 Å². The fourth-order valence-corrected chi connectivity index (χ4v) is 2.44. The van der Waals surface area contributed by atoms with Gasteiger partial charge in [0.2, 0.25) is 0 Å². The van der Waals surface area contributed by atoms with E-state index in [1.807, 2.05) is 31.7 Å². The van der Waals surface area contributed by atoms with E-state index in [-0.39, 0.29) is 5.75 Å². The van der Waals surface area contributed by atoms with Gasteiger partial charge in [-0.25, -0.2) is 0 Å². The van der Waals surface area contributed by atoms with Gasteiger partial charge >= 0.3 is 0 Å². The van der Waals surface area contributed by atoms with Crippen LogP contribution in [0.2, 0.25) is 0 Å². The van der Waals surface area contributed by atoms with E-state index in [1.165, 1.54) is 0 Å². The number of phenolic OH excluding ortho intramolecular Hbond substituents is 1. The lowest BCUT2D eigenvalue weighted by atomic mass is 10.1. The Hall–Kier alpha value is -2.21. The minimum Gasteiger partial charge on any atom is -0.508 e. The Balaban J connectivity index is 2.63. The van der Waals surface area contributed by atoms with Crippen LogP contribution in [0.1, 0.15) is 23.7 Å². The minimum atomic E-state index is 0.194. The monoisotopic (exact) mass is 302 g/mol. The van der Waals surface area contributed by atoms with E-state index in [1.54, 1.807) is 18.2 Å². The summed E-state index contributed by atoms with van der Waals surface area (Å²) in [7, 11) is 0. The molecule has 0 aliphatic carbocycles. The molecule has 0 saturated heterocycles. The first-order chi connectivity index (χ1) is 9.95. The third kappa shape index (κ3) is 2.95. The summed E-state index contributed by atoms with van der Waals surface area (Å²) in [4.78, 5) is 2.22. The Kier molecular flexibility index (Phi) is 4.37. The van der Waals surface area contributed by atoms with Crippen molar-refractivity contribution in [1.82, 2.24) is 10.2 Å². The number of aromatic nitrogens is 2. The molecule has 0 amide bonds. The quantitative estimate of drug-likeness (QED) is 0.846. The summed E-state index contributed by atoms with van der Waals surface area (Å²) in [5, 5.41) is 18.1. The normalized spacial score (nSPS) is 10.4. The molecule has 1 heterocycles. The maximum Gasteiger partial charge on any atom is 0.166 e. The van der Waals surface area contributed by atoms with E-state index in [2.05, 4.69) is 10.2 Å². The number of anilines is 2. The van der Waals surface area contributed by atoms with Gasteiger partial charge in [-0.2, -0.15) is 5.10 Å². The fourth-order valence-electron chi connectivity index (χ4n) is 2.20. The van der Waals surface area contributed by atoms with Crippen molar-refractivity contribution in [3.8, 4) is 5.75 Å². The highest BCUT2D eigenvalue weighted by Gasteiger charge is 2.19. The molecule has 0 radical (unpaired) electrons. The Labute approximate surface area is 129 Å². The third-order valence-electron chi connectivity index (χ3n) is 3.40. The highest BCUT2D eigenvalue weighted by molar-refractivity contribution is 7.80. The van der Waals surface area contributed by atoms with Gasteiger partial charge in [-0.05, 0) is 38.5 Å². The van der Waals surface area contributed by atoms with Gasteiger partial charge in [-0.15, -0.1) is 5.10 Å². The molecule has 21 heavy (non-hydrogen) atoms. The molecule has 0 bridgehead atoms. The molecular weight excluding hydrogens is 284 g/mol. The predicted octanol–water partition coefficient (Wildman–Crippen LogP) is 2.59. The number of phenols is 1. The molecule has 110 valence electrons. The number of hydrogen-bond donors (Lipinski definition) is 2. The van der Waals surface area contributed by atoms with E-state index in [9.17, 15) is 5.11 Å². The molecule has 0 aliphatic heterocycles. The zero-order valence-corrected chi connectivity index (χ0v) is 13.1. The van der Waals surface area contributed by atoms with Crippen LogP contribution >= 0.6 is 12.2 Å². The van der Waals surface area contributed by atoms with E-state index in [0.29, 0.717) is 17.4 Å². The molecule has 1 aromatic heterocycles. The predicted molar refractivity (Wildman–Crippen MR) is 88.2 cm³/mol. The Morgan fingerprint density at radius 1 is 1.33 bits per heavy atom. The molecule has 0 aliphatic rings. The maximum atomic E-state index is 9.67. The van der Waals surface area contributed by atoms with Crippen LogP contribution < -0.4 is 10.6 Å². The standard InChI is InChI=1S/C15H18N4OS/c1-4-19(11-6-5-7-12(20)8-11)15-13(14(16)21)9(2)10(3)17-18-15/h5-8,20H,4H2,1-3H3,(H2,16,21). The van der Waals surface area contributed by atoms with Crippen LogP contribution in [-0.4, -0.2) is 26.8 Å². The van der Waals surface area contributed by atoms with Gasteiger partial charge in [0.05, 0.1) is 11.3 Å². The smallest absolute Gasteiger partial charge is 0.166 e. The van der Waals surface area contributed by atoms with Crippen molar-refractivity contribution in [1.29, 1.82) is 0 Å². The Morgan fingerprint density at radius 2 is 2.05 bits per heavy atom. The second kappa shape index (κ2) is 6.05. The van der Waals surface area contributed by atoms with Crippen molar-refractivity contribution >= 4 is 28.7 Å². The number of rotatable bonds is 4. The third-order valence-corrected chi connectivity index (χ3v) is 3.60. The molecule has 6 heteroatoms. The van der Waals surface area contributed by atoms with Gasteiger partial charge in [-0.1, -0.05) is 18.3 Å². The average molecular weight is 302 g/mol. The van der Waals surface area contributed by atoms with Crippen LogP contribution in [0, 0.1) is 13.8 Å². The van der Waals surface area contributed by atoms with Gasteiger partial charge in [-0.3, -0.25) is 0 Å². The fraction of sp³-hybridized carbons (Fsp3) is 0.267. The molecule has 0 spiro atoms. The highest BCUT2D eigenvalue weighted by Crippen LogP contribution is 2.30. The first kappa shape index (κ1) is 15.2. The van der Waals surface area contributed by atoms with E-state index < -0.39 is 0 Å². The molecule has 0 fully saturated rings. The number of nitrogens with two attached hydrogens (primary N) is 1. The van der Waals surface area contributed by atoms with Crippen molar-refractivity contribution in [2.45, 2.75) is 20.8 Å². The number of aromatic hydroxyl groups is 1. The van der Waals surface area contributed by atoms with Crippen molar-refractivity contribution < 1.29 is 5.11 Å². The second-order valence-electron chi connectivity index (χ2n) is 4.74. The molecule has 5 nitrogen and oxygen atoms in total. The SMILES string of the molecule is CCN(c1cccc(O)c1)c1nnc(C)c(C)c1C(N)=S. The molecule has 2 rings (SSSR count). The van der Waals surface area contributed by atoms with Crippen LogP contribution in [0.5, 0.6) is 5.75 Å². The van der Waals surface area contributed by atoms with Crippen molar-refractivity contribution in [3.63, 3.8) is 0 Å². The lowest BCUT2D eigenvalue weighted by molar-refractivity contribution is 0.475.